The lowest BCUT2D eigenvalue weighted by Crippen LogP contribution is -2.48. The van der Waals surface area contributed by atoms with Crippen molar-refractivity contribution in [2.75, 3.05) is 31.1 Å². The van der Waals surface area contributed by atoms with Crippen LogP contribution in [0.15, 0.2) is 47.4 Å². The minimum atomic E-state index is -3.44. The second-order valence-corrected chi connectivity index (χ2v) is 9.24. The van der Waals surface area contributed by atoms with Crippen LogP contribution in [0.1, 0.15) is 25.0 Å². The summed E-state index contributed by atoms with van der Waals surface area (Å²) in [7, 11) is -3.44. The van der Waals surface area contributed by atoms with E-state index in [0.29, 0.717) is 31.1 Å². The number of nitrogens with zero attached hydrogens (tertiary/aromatic N) is 2. The van der Waals surface area contributed by atoms with Crippen LogP contribution in [-0.4, -0.2) is 45.0 Å². The van der Waals surface area contributed by atoms with Gasteiger partial charge < -0.3 is 9.64 Å². The molecule has 0 bridgehead atoms. The van der Waals surface area contributed by atoms with E-state index in [1.165, 1.54) is 0 Å². The fourth-order valence-corrected chi connectivity index (χ4v) is 4.73. The van der Waals surface area contributed by atoms with Crippen molar-refractivity contribution in [3.63, 3.8) is 0 Å². The zero-order chi connectivity index (χ0) is 19.6. The molecule has 1 fully saturated rings. The number of aryl methyl sites for hydroxylation is 2. The predicted molar refractivity (Wildman–Crippen MR) is 109 cm³/mol. The van der Waals surface area contributed by atoms with Crippen LogP contribution in [0.5, 0.6) is 5.75 Å². The number of benzene rings is 2. The van der Waals surface area contributed by atoms with Crippen molar-refractivity contribution in [2.45, 2.75) is 38.7 Å². The molecule has 27 heavy (non-hydrogen) atoms. The first-order chi connectivity index (χ1) is 12.8. The molecule has 1 aliphatic heterocycles. The highest BCUT2D eigenvalue weighted by Gasteiger charge is 2.28. The first kappa shape index (κ1) is 19.7. The van der Waals surface area contributed by atoms with Gasteiger partial charge >= 0.3 is 0 Å². The predicted octanol–water partition coefficient (Wildman–Crippen LogP) is 3.60. The summed E-state index contributed by atoms with van der Waals surface area (Å²) < 4.78 is 33.1. The SMILES string of the molecule is Cc1ccc(S(=O)(=O)N2CCN(c3ccc(OC(C)C)cc3)CC2)cc1C. The monoisotopic (exact) mass is 388 g/mol. The zero-order valence-electron chi connectivity index (χ0n) is 16.5. The molecule has 6 heteroatoms. The van der Waals surface area contributed by atoms with Gasteiger partial charge in [-0.2, -0.15) is 4.31 Å². The third-order valence-electron chi connectivity index (χ3n) is 4.93. The molecule has 146 valence electrons. The number of piperazine rings is 1. The first-order valence-electron chi connectivity index (χ1n) is 9.36. The summed E-state index contributed by atoms with van der Waals surface area (Å²) >= 11 is 0. The van der Waals surface area contributed by atoms with E-state index in [-0.39, 0.29) is 6.10 Å². The quantitative estimate of drug-likeness (QED) is 0.785. The molecule has 0 N–H and O–H groups in total. The van der Waals surface area contributed by atoms with Gasteiger partial charge in [-0.15, -0.1) is 0 Å². The molecule has 0 saturated carbocycles. The smallest absolute Gasteiger partial charge is 0.243 e. The van der Waals surface area contributed by atoms with Crippen molar-refractivity contribution in [2.24, 2.45) is 0 Å². The zero-order valence-corrected chi connectivity index (χ0v) is 17.3. The summed E-state index contributed by atoms with van der Waals surface area (Å²) in [4.78, 5) is 2.60. The average molecular weight is 389 g/mol. The van der Waals surface area contributed by atoms with Crippen LogP contribution in [0.3, 0.4) is 0 Å². The van der Waals surface area contributed by atoms with Crippen molar-refractivity contribution in [3.05, 3.63) is 53.6 Å². The molecule has 0 amide bonds. The van der Waals surface area contributed by atoms with Crippen LogP contribution in [-0.2, 0) is 10.0 Å². The Hall–Kier alpha value is -2.05. The maximum atomic E-state index is 12.9. The Labute approximate surface area is 162 Å². The molecule has 2 aromatic rings. The molecule has 0 unspecified atom stereocenters. The van der Waals surface area contributed by atoms with E-state index in [0.717, 1.165) is 22.6 Å². The van der Waals surface area contributed by atoms with Crippen LogP contribution in [0, 0.1) is 13.8 Å². The van der Waals surface area contributed by atoms with Crippen LogP contribution in [0.25, 0.3) is 0 Å². The standard InChI is InChI=1S/C21H28N2O3S/c1-16(2)26-20-8-6-19(7-9-20)22-11-13-23(14-12-22)27(24,25)21-10-5-17(3)18(4)15-21/h5-10,15-16H,11-14H2,1-4H3. The molecule has 0 spiro atoms. The molecular weight excluding hydrogens is 360 g/mol. The highest BCUT2D eigenvalue weighted by Crippen LogP contribution is 2.24. The van der Waals surface area contributed by atoms with Gasteiger partial charge in [-0.1, -0.05) is 6.07 Å². The summed E-state index contributed by atoms with van der Waals surface area (Å²) in [6.45, 7) is 10.3. The number of rotatable bonds is 5. The molecule has 1 aliphatic rings. The van der Waals surface area contributed by atoms with Crippen molar-refractivity contribution in [3.8, 4) is 5.75 Å². The number of hydrogen-bond acceptors (Lipinski definition) is 4. The molecule has 1 heterocycles. The summed E-state index contributed by atoms with van der Waals surface area (Å²) in [6, 6.07) is 13.3. The lowest BCUT2D eigenvalue weighted by molar-refractivity contribution is 0.242. The molecule has 0 radical (unpaired) electrons. The first-order valence-corrected chi connectivity index (χ1v) is 10.8. The summed E-state index contributed by atoms with van der Waals surface area (Å²) in [5, 5.41) is 0. The van der Waals surface area contributed by atoms with Crippen LogP contribution < -0.4 is 9.64 Å². The molecular formula is C21H28N2O3S. The van der Waals surface area contributed by atoms with Gasteiger partial charge in [0.2, 0.25) is 10.0 Å². The van der Waals surface area contributed by atoms with E-state index in [1.807, 2.05) is 58.0 Å². The normalized spacial score (nSPS) is 16.0. The summed E-state index contributed by atoms with van der Waals surface area (Å²) in [5.74, 6) is 0.852. The van der Waals surface area contributed by atoms with Crippen LogP contribution in [0.4, 0.5) is 5.69 Å². The van der Waals surface area contributed by atoms with E-state index < -0.39 is 10.0 Å². The van der Waals surface area contributed by atoms with Crippen LogP contribution in [0.2, 0.25) is 0 Å². The third kappa shape index (κ3) is 4.45. The maximum Gasteiger partial charge on any atom is 0.243 e. The minimum Gasteiger partial charge on any atom is -0.491 e. The van der Waals surface area contributed by atoms with E-state index in [4.69, 9.17) is 4.74 Å². The van der Waals surface area contributed by atoms with E-state index >= 15 is 0 Å². The van der Waals surface area contributed by atoms with E-state index in [1.54, 1.807) is 16.4 Å². The lowest BCUT2D eigenvalue weighted by Gasteiger charge is -2.35. The topological polar surface area (TPSA) is 49.9 Å². The van der Waals surface area contributed by atoms with Crippen molar-refractivity contribution >= 4 is 15.7 Å². The Morgan fingerprint density at radius 3 is 2.07 bits per heavy atom. The van der Waals surface area contributed by atoms with Crippen LogP contribution >= 0.6 is 0 Å². The van der Waals surface area contributed by atoms with E-state index in [9.17, 15) is 8.42 Å². The summed E-state index contributed by atoms with van der Waals surface area (Å²) in [6.07, 6.45) is 0.148. The Morgan fingerprint density at radius 1 is 0.889 bits per heavy atom. The Balaban J connectivity index is 1.66. The average Bonchev–Trinajstić information content (AvgIpc) is 2.64. The maximum absolute atomic E-state index is 12.9. The lowest BCUT2D eigenvalue weighted by atomic mass is 10.1. The molecule has 0 atom stereocenters. The molecule has 1 saturated heterocycles. The van der Waals surface area contributed by atoms with Gasteiger partial charge in [0.05, 0.1) is 11.0 Å². The Kier molecular flexibility index (Phi) is 5.77. The van der Waals surface area contributed by atoms with Gasteiger partial charge in [-0.05, 0) is 75.2 Å². The number of hydrogen-bond donors (Lipinski definition) is 0. The highest BCUT2D eigenvalue weighted by molar-refractivity contribution is 7.89. The molecule has 5 nitrogen and oxygen atoms in total. The van der Waals surface area contributed by atoms with Crippen molar-refractivity contribution in [1.29, 1.82) is 0 Å². The second kappa shape index (κ2) is 7.90. The summed E-state index contributed by atoms with van der Waals surface area (Å²) in [5.41, 5.74) is 3.19. The number of ether oxygens (including phenoxy) is 1. The molecule has 3 rings (SSSR count). The number of anilines is 1. The van der Waals surface area contributed by atoms with Gasteiger partial charge in [-0.25, -0.2) is 8.42 Å². The molecule has 2 aromatic carbocycles. The Bertz CT molecular complexity index is 884. The van der Waals surface area contributed by atoms with E-state index in [2.05, 4.69) is 4.90 Å². The third-order valence-corrected chi connectivity index (χ3v) is 6.82. The molecule has 0 aliphatic carbocycles. The fourth-order valence-electron chi connectivity index (χ4n) is 3.22. The van der Waals surface area contributed by atoms with Gasteiger partial charge in [-0.3, -0.25) is 0 Å². The Morgan fingerprint density at radius 2 is 1.52 bits per heavy atom. The fraction of sp³-hybridized carbons (Fsp3) is 0.429. The minimum absolute atomic E-state index is 0.148. The highest BCUT2D eigenvalue weighted by atomic mass is 32.2. The van der Waals surface area contributed by atoms with Gasteiger partial charge in [0.1, 0.15) is 5.75 Å². The van der Waals surface area contributed by atoms with Gasteiger partial charge in [0.15, 0.2) is 0 Å². The second-order valence-electron chi connectivity index (χ2n) is 7.30. The number of sulfonamides is 1. The molecule has 0 aromatic heterocycles. The van der Waals surface area contributed by atoms with Crippen molar-refractivity contribution < 1.29 is 13.2 Å². The van der Waals surface area contributed by atoms with Crippen molar-refractivity contribution in [1.82, 2.24) is 4.31 Å². The van der Waals surface area contributed by atoms with Gasteiger partial charge in [0.25, 0.3) is 0 Å². The van der Waals surface area contributed by atoms with Gasteiger partial charge in [0, 0.05) is 31.9 Å². The largest absolute Gasteiger partial charge is 0.491 e.